The minimum absolute atomic E-state index is 0.102. The van der Waals surface area contributed by atoms with E-state index in [-0.39, 0.29) is 11.8 Å². The van der Waals surface area contributed by atoms with Crippen molar-refractivity contribution in [2.45, 2.75) is 5.75 Å². The Morgan fingerprint density at radius 1 is 1.26 bits per heavy atom. The molecule has 3 rings (SSSR count). The molecule has 1 saturated heterocycles. The first-order valence-electron chi connectivity index (χ1n) is 8.37. The summed E-state index contributed by atoms with van der Waals surface area (Å²) in [5, 5.41) is 11.8. The molecule has 1 aliphatic heterocycles. The Bertz CT molecular complexity index is 775. The van der Waals surface area contributed by atoms with E-state index in [2.05, 4.69) is 15.5 Å². The first-order chi connectivity index (χ1) is 13.2. The van der Waals surface area contributed by atoms with Gasteiger partial charge >= 0.3 is 0 Å². The molecule has 0 atom stereocenters. The van der Waals surface area contributed by atoms with Gasteiger partial charge in [-0.05, 0) is 24.3 Å². The monoisotopic (exact) mass is 408 g/mol. The van der Waals surface area contributed by atoms with Gasteiger partial charge in [0.15, 0.2) is 0 Å². The summed E-state index contributed by atoms with van der Waals surface area (Å²) in [6.07, 6.45) is 0. The van der Waals surface area contributed by atoms with Crippen LogP contribution < -0.4 is 10.1 Å². The number of nitrogens with zero attached hydrogens (tertiary/aromatic N) is 3. The van der Waals surface area contributed by atoms with E-state index < -0.39 is 0 Å². The van der Waals surface area contributed by atoms with Crippen LogP contribution in [0.5, 0.6) is 5.75 Å². The summed E-state index contributed by atoms with van der Waals surface area (Å²) in [5.74, 6) is 1.44. The highest BCUT2D eigenvalue weighted by molar-refractivity contribution is 7.99. The van der Waals surface area contributed by atoms with Crippen molar-refractivity contribution < 1.29 is 19.1 Å². The zero-order chi connectivity index (χ0) is 19.1. The van der Waals surface area contributed by atoms with E-state index in [1.165, 1.54) is 23.1 Å². The highest BCUT2D eigenvalue weighted by atomic mass is 32.2. The van der Waals surface area contributed by atoms with Crippen LogP contribution in [0.2, 0.25) is 0 Å². The summed E-state index contributed by atoms with van der Waals surface area (Å²) in [6, 6.07) is 7.05. The van der Waals surface area contributed by atoms with E-state index in [0.717, 1.165) is 10.8 Å². The van der Waals surface area contributed by atoms with E-state index in [4.69, 9.17) is 9.47 Å². The van der Waals surface area contributed by atoms with Gasteiger partial charge in [0.25, 0.3) is 5.91 Å². The summed E-state index contributed by atoms with van der Waals surface area (Å²) < 4.78 is 10.3. The van der Waals surface area contributed by atoms with Crippen molar-refractivity contribution in [3.63, 3.8) is 0 Å². The van der Waals surface area contributed by atoms with E-state index in [9.17, 15) is 9.59 Å². The van der Waals surface area contributed by atoms with Crippen molar-refractivity contribution in [1.29, 1.82) is 0 Å². The van der Waals surface area contributed by atoms with E-state index in [1.54, 1.807) is 31.4 Å². The molecule has 144 valence electrons. The Morgan fingerprint density at radius 2 is 2.00 bits per heavy atom. The molecule has 1 N–H and O–H groups in total. The number of ether oxygens (including phenoxy) is 2. The lowest BCUT2D eigenvalue weighted by atomic mass is 10.3. The minimum Gasteiger partial charge on any atom is -0.497 e. The molecule has 2 heterocycles. The molecule has 2 amide bonds. The lowest BCUT2D eigenvalue weighted by Crippen LogP contribution is -2.41. The number of carbonyl (C=O) groups is 2. The Hall–Kier alpha value is -2.17. The van der Waals surface area contributed by atoms with Crippen molar-refractivity contribution in [3.05, 3.63) is 34.3 Å². The van der Waals surface area contributed by atoms with Crippen molar-refractivity contribution in [3.8, 4) is 5.75 Å². The number of hydrogen-bond donors (Lipinski definition) is 1. The molecule has 0 unspecified atom stereocenters. The number of nitrogens with one attached hydrogen (secondary N) is 1. The Morgan fingerprint density at radius 3 is 2.70 bits per heavy atom. The third-order valence-electron chi connectivity index (χ3n) is 3.82. The standard InChI is InChI=1S/C17H20N4O4S2/c1-24-13-4-2-12(3-5-13)18-16(23)17-20-19-14(27-17)10-26-11-15(22)21-6-8-25-9-7-21/h2-5H,6-11H2,1H3,(H,18,23). The van der Waals surface area contributed by atoms with Gasteiger partial charge in [0.2, 0.25) is 10.9 Å². The van der Waals surface area contributed by atoms with E-state index >= 15 is 0 Å². The number of thioether (sulfide) groups is 1. The maximum atomic E-state index is 12.3. The third-order valence-corrected chi connectivity index (χ3v) is 5.86. The molecule has 0 bridgehead atoms. The molecule has 1 aromatic carbocycles. The van der Waals surface area contributed by atoms with Crippen LogP contribution in [-0.2, 0) is 15.3 Å². The van der Waals surface area contributed by atoms with Crippen LogP contribution in [0, 0.1) is 0 Å². The van der Waals surface area contributed by atoms with Gasteiger partial charge < -0.3 is 19.7 Å². The quantitative estimate of drug-likeness (QED) is 0.748. The van der Waals surface area contributed by atoms with Gasteiger partial charge in [-0.15, -0.1) is 22.0 Å². The number of carbonyl (C=O) groups excluding carboxylic acids is 2. The second-order valence-corrected chi connectivity index (χ2v) is 7.72. The lowest BCUT2D eigenvalue weighted by Gasteiger charge is -2.26. The van der Waals surface area contributed by atoms with Crippen LogP contribution in [0.1, 0.15) is 14.8 Å². The summed E-state index contributed by atoms with van der Waals surface area (Å²) >= 11 is 2.70. The van der Waals surface area contributed by atoms with Crippen LogP contribution in [0.4, 0.5) is 5.69 Å². The molecule has 10 heteroatoms. The number of methoxy groups -OCH3 is 1. The van der Waals surface area contributed by atoms with Gasteiger partial charge in [-0.25, -0.2) is 0 Å². The van der Waals surface area contributed by atoms with E-state index in [0.29, 0.717) is 48.5 Å². The van der Waals surface area contributed by atoms with Crippen molar-refractivity contribution in [2.75, 3.05) is 44.5 Å². The number of amides is 2. The first kappa shape index (κ1) is 19.6. The fraction of sp³-hybridized carbons (Fsp3) is 0.412. The molecule has 0 saturated carbocycles. The molecule has 27 heavy (non-hydrogen) atoms. The van der Waals surface area contributed by atoms with Gasteiger partial charge in [-0.2, -0.15) is 0 Å². The van der Waals surface area contributed by atoms with Crippen LogP contribution in [0.25, 0.3) is 0 Å². The van der Waals surface area contributed by atoms with Crippen LogP contribution >= 0.6 is 23.1 Å². The highest BCUT2D eigenvalue weighted by Crippen LogP contribution is 2.20. The molecular formula is C17H20N4O4S2. The third kappa shape index (κ3) is 5.65. The average molecular weight is 409 g/mol. The predicted molar refractivity (Wildman–Crippen MR) is 104 cm³/mol. The predicted octanol–water partition coefficient (Wildman–Crippen LogP) is 1.89. The van der Waals surface area contributed by atoms with Crippen LogP contribution in [-0.4, -0.2) is 66.1 Å². The second kappa shape index (κ2) is 9.67. The second-order valence-electron chi connectivity index (χ2n) is 5.67. The first-order valence-corrected chi connectivity index (χ1v) is 10.3. The van der Waals surface area contributed by atoms with Crippen molar-refractivity contribution in [1.82, 2.24) is 15.1 Å². The smallest absolute Gasteiger partial charge is 0.286 e. The number of aromatic nitrogens is 2. The fourth-order valence-corrected chi connectivity index (χ4v) is 4.10. The molecule has 0 radical (unpaired) electrons. The van der Waals surface area contributed by atoms with Crippen molar-refractivity contribution in [2.24, 2.45) is 0 Å². The zero-order valence-corrected chi connectivity index (χ0v) is 16.5. The molecule has 2 aromatic rings. The van der Waals surface area contributed by atoms with Gasteiger partial charge in [0, 0.05) is 24.5 Å². The number of rotatable bonds is 7. The topological polar surface area (TPSA) is 93.7 Å². The number of hydrogen-bond acceptors (Lipinski definition) is 8. The SMILES string of the molecule is COc1ccc(NC(=O)c2nnc(CSCC(=O)N3CCOCC3)s2)cc1. The Kier molecular flexibility index (Phi) is 7.02. The molecule has 1 aromatic heterocycles. The normalized spacial score (nSPS) is 14.0. The lowest BCUT2D eigenvalue weighted by molar-refractivity contribution is -0.132. The number of morpholine rings is 1. The number of anilines is 1. The summed E-state index contributed by atoms with van der Waals surface area (Å²) in [6.45, 7) is 2.49. The van der Waals surface area contributed by atoms with Crippen molar-refractivity contribution >= 4 is 40.6 Å². The van der Waals surface area contributed by atoms with E-state index in [1.807, 2.05) is 4.90 Å². The summed E-state index contributed by atoms with van der Waals surface area (Å²) in [7, 11) is 1.59. The van der Waals surface area contributed by atoms with Gasteiger partial charge in [0.1, 0.15) is 10.8 Å². The highest BCUT2D eigenvalue weighted by Gasteiger charge is 2.17. The molecule has 1 aliphatic rings. The fourth-order valence-electron chi connectivity index (χ4n) is 2.39. The largest absolute Gasteiger partial charge is 0.497 e. The van der Waals surface area contributed by atoms with Gasteiger partial charge in [-0.3, -0.25) is 9.59 Å². The summed E-state index contributed by atoms with van der Waals surface area (Å²) in [4.78, 5) is 26.2. The number of benzene rings is 1. The Balaban J connectivity index is 1.45. The Labute approximate surface area is 165 Å². The van der Waals surface area contributed by atoms with Gasteiger partial charge in [0.05, 0.1) is 26.1 Å². The molecular weight excluding hydrogens is 388 g/mol. The zero-order valence-electron chi connectivity index (χ0n) is 14.8. The van der Waals surface area contributed by atoms with Gasteiger partial charge in [-0.1, -0.05) is 11.3 Å². The average Bonchev–Trinajstić information content (AvgIpc) is 3.18. The minimum atomic E-state index is -0.307. The molecule has 1 fully saturated rings. The van der Waals surface area contributed by atoms with Crippen LogP contribution in [0.3, 0.4) is 0 Å². The molecule has 0 spiro atoms. The molecule has 0 aliphatic carbocycles. The maximum absolute atomic E-state index is 12.3. The maximum Gasteiger partial charge on any atom is 0.286 e. The van der Waals surface area contributed by atoms with Crippen LogP contribution in [0.15, 0.2) is 24.3 Å². The molecule has 8 nitrogen and oxygen atoms in total. The summed E-state index contributed by atoms with van der Waals surface area (Å²) in [5.41, 5.74) is 0.656.